The van der Waals surface area contributed by atoms with Gasteiger partial charge in [-0.15, -0.1) is 0 Å². The van der Waals surface area contributed by atoms with Gasteiger partial charge in [-0.05, 0) is 69.7 Å². The van der Waals surface area contributed by atoms with Crippen LogP contribution in [0.5, 0.6) is 0 Å². The van der Waals surface area contributed by atoms with Gasteiger partial charge in [0.1, 0.15) is 0 Å². The van der Waals surface area contributed by atoms with E-state index < -0.39 is 0 Å². The number of piperidine rings is 1. The van der Waals surface area contributed by atoms with Gasteiger partial charge in [0.15, 0.2) is 11.7 Å². The summed E-state index contributed by atoms with van der Waals surface area (Å²) < 4.78 is 1.87. The predicted octanol–water partition coefficient (Wildman–Crippen LogP) is 4.18. The molecule has 1 saturated heterocycles. The third-order valence-corrected chi connectivity index (χ3v) is 6.85. The van der Waals surface area contributed by atoms with Crippen molar-refractivity contribution in [2.45, 2.75) is 71.0 Å². The topological polar surface area (TPSA) is 101 Å². The fourth-order valence-electron chi connectivity index (χ4n) is 5.03. The number of nitrogens with one attached hydrogen (secondary N) is 1. The number of hydrogen-bond donors (Lipinski definition) is 2. The number of hydrogen-bond acceptors (Lipinski definition) is 5. The number of nitrogens with two attached hydrogens (primary N) is 1. The van der Waals surface area contributed by atoms with Gasteiger partial charge >= 0.3 is 0 Å². The second-order valence-corrected chi connectivity index (χ2v) is 9.18. The van der Waals surface area contributed by atoms with E-state index in [1.807, 2.05) is 34.9 Å². The van der Waals surface area contributed by atoms with E-state index in [9.17, 15) is 4.79 Å². The molecule has 0 amide bonds. The molecule has 7 nitrogen and oxygen atoms in total. The van der Waals surface area contributed by atoms with Crippen LogP contribution in [-0.2, 0) is 6.54 Å². The van der Waals surface area contributed by atoms with Gasteiger partial charge in [0.2, 0.25) is 0 Å². The van der Waals surface area contributed by atoms with Gasteiger partial charge in [0.25, 0.3) is 5.56 Å². The molecule has 2 atom stereocenters. The maximum atomic E-state index is 13.5. The molecule has 2 aromatic heterocycles. The van der Waals surface area contributed by atoms with Gasteiger partial charge < -0.3 is 10.3 Å². The van der Waals surface area contributed by atoms with E-state index in [2.05, 4.69) is 28.7 Å². The minimum absolute atomic E-state index is 0.0693. The third-order valence-electron chi connectivity index (χ3n) is 6.85. The smallest absolute Gasteiger partial charge is 0.260 e. The molecule has 0 saturated carbocycles. The van der Waals surface area contributed by atoms with E-state index in [4.69, 9.17) is 11.1 Å². The summed E-state index contributed by atoms with van der Waals surface area (Å²) in [6, 6.07) is 12.9. The van der Waals surface area contributed by atoms with Crippen LogP contribution in [-0.4, -0.2) is 43.9 Å². The monoisotopic (exact) mass is 446 g/mol. The first kappa shape index (κ1) is 23.1. The van der Waals surface area contributed by atoms with Crippen LogP contribution in [0.25, 0.3) is 22.2 Å². The Morgan fingerprint density at radius 3 is 2.58 bits per heavy atom. The second-order valence-electron chi connectivity index (χ2n) is 9.18. The average molecular weight is 447 g/mol. The van der Waals surface area contributed by atoms with Crippen LogP contribution in [0.2, 0.25) is 0 Å². The molecule has 3 N–H and O–H groups in total. The van der Waals surface area contributed by atoms with E-state index in [-0.39, 0.29) is 17.2 Å². The quantitative estimate of drug-likeness (QED) is 0.307. The van der Waals surface area contributed by atoms with Crippen molar-refractivity contribution in [1.82, 2.24) is 19.4 Å². The molecule has 0 unspecified atom stereocenters. The summed E-state index contributed by atoms with van der Waals surface area (Å²) in [6.45, 7) is 6.49. The van der Waals surface area contributed by atoms with E-state index in [0.29, 0.717) is 29.9 Å². The van der Waals surface area contributed by atoms with Crippen LogP contribution < -0.4 is 11.3 Å². The molecule has 3 heterocycles. The number of fused-ring (bicyclic) bond motifs is 1. The Bertz CT molecular complexity index is 1180. The first-order valence-corrected chi connectivity index (χ1v) is 12.0. The molecule has 33 heavy (non-hydrogen) atoms. The normalized spacial score (nSPS) is 19.1. The number of benzene rings is 1. The highest BCUT2D eigenvalue weighted by Gasteiger charge is 2.23. The van der Waals surface area contributed by atoms with Crippen LogP contribution in [0.4, 0.5) is 0 Å². The minimum atomic E-state index is -0.213. The van der Waals surface area contributed by atoms with Crippen molar-refractivity contribution >= 4 is 16.7 Å². The Morgan fingerprint density at radius 1 is 1.09 bits per heavy atom. The summed E-state index contributed by atoms with van der Waals surface area (Å²) in [5, 5.41) is 8.61. The average Bonchev–Trinajstić information content (AvgIpc) is 2.81. The maximum absolute atomic E-state index is 13.5. The minimum Gasteiger partial charge on any atom is -0.381 e. The molecule has 0 aliphatic carbocycles. The van der Waals surface area contributed by atoms with Crippen LogP contribution in [0, 0.1) is 5.41 Å². The van der Waals surface area contributed by atoms with Crippen molar-refractivity contribution in [3.05, 3.63) is 58.8 Å². The lowest BCUT2D eigenvalue weighted by atomic mass is 9.97. The number of aromatic nitrogens is 3. The first-order valence-electron chi connectivity index (χ1n) is 12.0. The zero-order valence-electron chi connectivity index (χ0n) is 19.6. The lowest BCUT2D eigenvalue weighted by Crippen LogP contribution is -2.44. The number of unbranched alkanes of at least 4 members (excludes halogenated alkanes) is 2. The zero-order valence-corrected chi connectivity index (χ0v) is 19.6. The molecule has 0 bridgehead atoms. The largest absolute Gasteiger partial charge is 0.381 e. The third kappa shape index (κ3) is 5.14. The standard InChI is InChI=1S/C26H34N6O/c1-18-9-8-10-19(2)31(18)15-6-3-7-16-32-23-12-5-4-11-20(23)17-21(26(32)33)22-13-14-29-25(30-22)24(27)28/h4-5,11-14,17-19H,3,6-10,15-16H2,1-2H3,(H3,27,28)/t18-,19+. The van der Waals surface area contributed by atoms with Crippen LogP contribution in [0.1, 0.15) is 58.2 Å². The van der Waals surface area contributed by atoms with E-state index >= 15 is 0 Å². The predicted molar refractivity (Wildman–Crippen MR) is 134 cm³/mol. The molecule has 7 heteroatoms. The van der Waals surface area contributed by atoms with Crippen molar-refractivity contribution in [3.63, 3.8) is 0 Å². The number of nitrogen functional groups attached to an aromatic ring is 1. The highest BCUT2D eigenvalue weighted by molar-refractivity contribution is 5.91. The molecular formula is C26H34N6O. The Labute approximate surface area is 195 Å². The molecule has 1 aromatic carbocycles. The number of aryl methyl sites for hydroxylation is 1. The summed E-state index contributed by atoms with van der Waals surface area (Å²) in [7, 11) is 0. The number of pyridine rings is 1. The molecule has 1 fully saturated rings. The zero-order chi connectivity index (χ0) is 23.4. The van der Waals surface area contributed by atoms with Crippen LogP contribution >= 0.6 is 0 Å². The molecule has 1 aliphatic rings. The molecule has 4 rings (SSSR count). The Morgan fingerprint density at radius 2 is 1.82 bits per heavy atom. The number of nitrogens with zero attached hydrogens (tertiary/aromatic N) is 4. The van der Waals surface area contributed by atoms with Gasteiger partial charge in [-0.3, -0.25) is 15.1 Å². The maximum Gasteiger partial charge on any atom is 0.260 e. The number of para-hydroxylation sites is 1. The SMILES string of the molecule is C[C@@H]1CCC[C@H](C)N1CCCCCn1c(=O)c(-c2ccnc(C(=N)N)n2)cc2ccccc21. The fourth-order valence-corrected chi connectivity index (χ4v) is 5.03. The van der Waals surface area contributed by atoms with Gasteiger partial charge in [0, 0.05) is 24.8 Å². The number of likely N-dealkylation sites (tertiary alicyclic amines) is 1. The molecule has 0 spiro atoms. The number of amidine groups is 1. The molecule has 0 radical (unpaired) electrons. The van der Waals surface area contributed by atoms with E-state index in [1.165, 1.54) is 19.3 Å². The Kier molecular flexibility index (Phi) is 7.18. The van der Waals surface area contributed by atoms with Crippen LogP contribution in [0.15, 0.2) is 47.4 Å². The van der Waals surface area contributed by atoms with Crippen molar-refractivity contribution < 1.29 is 0 Å². The van der Waals surface area contributed by atoms with Gasteiger partial charge in [-0.25, -0.2) is 9.97 Å². The summed E-state index contributed by atoms with van der Waals surface area (Å²) in [5.74, 6) is -0.0805. The Hall–Kier alpha value is -3.06. The first-order chi connectivity index (χ1) is 16.0. The van der Waals surface area contributed by atoms with Gasteiger partial charge in [-0.2, -0.15) is 0 Å². The highest BCUT2D eigenvalue weighted by Crippen LogP contribution is 2.23. The number of rotatable bonds is 8. The fraction of sp³-hybridized carbons (Fsp3) is 0.462. The highest BCUT2D eigenvalue weighted by atomic mass is 16.1. The van der Waals surface area contributed by atoms with E-state index in [1.54, 1.807) is 12.3 Å². The lowest BCUT2D eigenvalue weighted by Gasteiger charge is -2.39. The van der Waals surface area contributed by atoms with Crippen molar-refractivity contribution in [3.8, 4) is 11.3 Å². The van der Waals surface area contributed by atoms with Gasteiger partial charge in [-0.1, -0.05) is 31.0 Å². The molecule has 174 valence electrons. The molecule has 3 aromatic rings. The Balaban J connectivity index is 1.52. The molecular weight excluding hydrogens is 412 g/mol. The molecule has 1 aliphatic heterocycles. The summed E-state index contributed by atoms with van der Waals surface area (Å²) in [6.07, 6.45) is 8.66. The summed E-state index contributed by atoms with van der Waals surface area (Å²) in [5.41, 5.74) is 7.42. The summed E-state index contributed by atoms with van der Waals surface area (Å²) >= 11 is 0. The van der Waals surface area contributed by atoms with E-state index in [0.717, 1.165) is 36.7 Å². The van der Waals surface area contributed by atoms with Gasteiger partial charge in [0.05, 0.1) is 16.8 Å². The van der Waals surface area contributed by atoms with Crippen molar-refractivity contribution in [1.29, 1.82) is 5.41 Å². The summed E-state index contributed by atoms with van der Waals surface area (Å²) in [4.78, 5) is 24.5. The van der Waals surface area contributed by atoms with Crippen molar-refractivity contribution in [2.75, 3.05) is 6.54 Å². The second kappa shape index (κ2) is 10.3. The van der Waals surface area contributed by atoms with Crippen molar-refractivity contribution in [2.24, 2.45) is 5.73 Å². The van der Waals surface area contributed by atoms with Crippen LogP contribution in [0.3, 0.4) is 0 Å². The lowest BCUT2D eigenvalue weighted by molar-refractivity contribution is 0.101.